The van der Waals surface area contributed by atoms with Gasteiger partial charge in [0.15, 0.2) is 0 Å². The van der Waals surface area contributed by atoms with Gasteiger partial charge in [0.1, 0.15) is 0 Å². The number of hydrogen-bond donors (Lipinski definition) is 0. The van der Waals surface area contributed by atoms with Gasteiger partial charge in [-0.3, -0.25) is 29.9 Å². The van der Waals surface area contributed by atoms with Crippen LogP contribution in [0.15, 0.2) is 171 Å². The summed E-state index contributed by atoms with van der Waals surface area (Å²) in [6, 6.07) is 30.4. The van der Waals surface area contributed by atoms with Gasteiger partial charge in [0, 0.05) is 119 Å². The third-order valence-corrected chi connectivity index (χ3v) is 6.50. The maximum atomic E-state index is 3.97. The first-order valence-corrected chi connectivity index (χ1v) is 15.9. The minimum Gasteiger partial charge on any atom is -0.265 e. The first-order chi connectivity index (χ1) is 25.8. The SMILES string of the molecule is C(#Cc1ccc(C#Cc2ccncc2)cc1)c1ccncc1.C(#Cc1ccncc1)c1ccncc1.C(C#Cc1ccncc1)#Cc1ccncc1. The van der Waals surface area contributed by atoms with Crippen LogP contribution in [0.2, 0.25) is 0 Å². The molecule has 0 N–H and O–H groups in total. The second-order valence-corrected chi connectivity index (χ2v) is 10.2. The van der Waals surface area contributed by atoms with E-state index in [2.05, 4.69) is 89.1 Å². The highest BCUT2D eigenvalue weighted by Gasteiger charge is 1.90. The zero-order valence-corrected chi connectivity index (χ0v) is 27.8. The quantitative estimate of drug-likeness (QED) is 0.162. The molecule has 6 heteroatoms. The average molecular weight is 665 g/mol. The Morgan fingerprint density at radius 3 is 0.538 bits per heavy atom. The predicted octanol–water partition coefficient (Wildman–Crippen LogP) is 7.03. The average Bonchev–Trinajstić information content (AvgIpc) is 3.23. The summed E-state index contributed by atoms with van der Waals surface area (Å²) in [7, 11) is 0. The van der Waals surface area contributed by atoms with Crippen molar-refractivity contribution in [2.45, 2.75) is 0 Å². The van der Waals surface area contributed by atoms with Gasteiger partial charge < -0.3 is 0 Å². The highest BCUT2D eigenvalue weighted by Crippen LogP contribution is 2.04. The van der Waals surface area contributed by atoms with Crippen LogP contribution in [0.4, 0.5) is 0 Å². The molecule has 1 aromatic carbocycles. The first kappa shape index (κ1) is 35.2. The molecule has 6 heterocycles. The maximum Gasteiger partial charge on any atom is 0.0286 e. The zero-order valence-electron chi connectivity index (χ0n) is 27.8. The van der Waals surface area contributed by atoms with Crippen LogP contribution in [0.25, 0.3) is 0 Å². The van der Waals surface area contributed by atoms with Crippen LogP contribution >= 0.6 is 0 Å². The van der Waals surface area contributed by atoms with Gasteiger partial charge in [0.25, 0.3) is 0 Å². The van der Waals surface area contributed by atoms with Crippen molar-refractivity contribution in [1.29, 1.82) is 0 Å². The predicted molar refractivity (Wildman–Crippen MR) is 204 cm³/mol. The number of pyridine rings is 6. The van der Waals surface area contributed by atoms with E-state index < -0.39 is 0 Å². The first-order valence-electron chi connectivity index (χ1n) is 15.9. The summed E-state index contributed by atoms with van der Waals surface area (Å²) < 4.78 is 0. The van der Waals surface area contributed by atoms with Crippen molar-refractivity contribution >= 4 is 0 Å². The lowest BCUT2D eigenvalue weighted by Crippen LogP contribution is -1.79. The van der Waals surface area contributed by atoms with E-state index in [4.69, 9.17) is 0 Å². The molecule has 0 aliphatic carbocycles. The molecule has 0 aliphatic rings. The third kappa shape index (κ3) is 13.6. The van der Waals surface area contributed by atoms with Crippen molar-refractivity contribution in [2.24, 2.45) is 0 Å². The molecule has 0 fully saturated rings. The Balaban J connectivity index is 0.000000156. The fraction of sp³-hybridized carbons (Fsp3) is 0. The summed E-state index contributed by atoms with van der Waals surface area (Å²) >= 11 is 0. The Morgan fingerprint density at radius 1 is 0.192 bits per heavy atom. The summed E-state index contributed by atoms with van der Waals surface area (Å²) in [5, 5.41) is 0. The molecule has 0 spiro atoms. The Labute approximate surface area is 304 Å². The van der Waals surface area contributed by atoms with Crippen LogP contribution in [0.3, 0.4) is 0 Å². The van der Waals surface area contributed by atoms with Crippen LogP contribution in [0, 0.1) is 59.2 Å². The standard InChI is InChI=1S/C20H12N2.C14H8N2.C12H8N2/c1-2-18(6-8-20-11-15-22-16-12-20)4-3-17(1)5-7-19-9-13-21-14-10-19;1(3-13-5-9-15-10-6-13)2-4-14-7-11-16-12-8-14;1(11-3-7-13-8-4-11)2-12-5-9-14-10-6-12/h1-4,9-16H;5-12H;3-10H. The van der Waals surface area contributed by atoms with Crippen LogP contribution in [-0.4, -0.2) is 29.9 Å². The molecule has 0 saturated heterocycles. The smallest absolute Gasteiger partial charge is 0.0286 e. The molecule has 7 rings (SSSR count). The van der Waals surface area contributed by atoms with Crippen molar-refractivity contribution in [2.75, 3.05) is 0 Å². The second-order valence-electron chi connectivity index (χ2n) is 10.2. The van der Waals surface area contributed by atoms with E-state index in [0.29, 0.717) is 0 Å². The van der Waals surface area contributed by atoms with E-state index in [1.54, 1.807) is 74.4 Å². The van der Waals surface area contributed by atoms with Gasteiger partial charge in [-0.15, -0.1) is 0 Å². The molecule has 0 unspecified atom stereocenters. The minimum absolute atomic E-state index is 0.916. The molecule has 242 valence electrons. The summed E-state index contributed by atoms with van der Waals surface area (Å²) in [5.41, 5.74) is 7.61. The van der Waals surface area contributed by atoms with Crippen molar-refractivity contribution in [1.82, 2.24) is 29.9 Å². The number of benzene rings is 1. The Kier molecular flexibility index (Phi) is 14.2. The van der Waals surface area contributed by atoms with E-state index in [1.165, 1.54) is 0 Å². The normalized spacial score (nSPS) is 8.77. The Morgan fingerprint density at radius 2 is 0.346 bits per heavy atom. The molecule has 6 aromatic heterocycles. The fourth-order valence-electron chi connectivity index (χ4n) is 3.89. The van der Waals surface area contributed by atoms with Crippen molar-refractivity contribution in [3.8, 4) is 59.2 Å². The van der Waals surface area contributed by atoms with Crippen LogP contribution < -0.4 is 0 Å². The Hall–Kier alpha value is -8.08. The summed E-state index contributed by atoms with van der Waals surface area (Å²) in [6.07, 6.45) is 20.7. The molecule has 6 nitrogen and oxygen atoms in total. The fourth-order valence-corrected chi connectivity index (χ4v) is 3.89. The lowest BCUT2D eigenvalue weighted by Gasteiger charge is -1.92. The van der Waals surface area contributed by atoms with Gasteiger partial charge in [-0.05, 0) is 109 Å². The van der Waals surface area contributed by atoms with Gasteiger partial charge in [0.2, 0.25) is 0 Å². The van der Waals surface area contributed by atoms with Crippen LogP contribution in [0.1, 0.15) is 44.5 Å². The lowest BCUT2D eigenvalue weighted by molar-refractivity contribution is 1.32. The monoisotopic (exact) mass is 664 g/mol. The van der Waals surface area contributed by atoms with E-state index in [-0.39, 0.29) is 0 Å². The molecule has 0 amide bonds. The van der Waals surface area contributed by atoms with Crippen molar-refractivity contribution < 1.29 is 0 Å². The lowest BCUT2D eigenvalue weighted by atomic mass is 10.1. The largest absolute Gasteiger partial charge is 0.265 e. The van der Waals surface area contributed by atoms with Crippen molar-refractivity contribution in [3.05, 3.63) is 216 Å². The molecule has 0 saturated carbocycles. The van der Waals surface area contributed by atoms with Crippen molar-refractivity contribution in [3.63, 3.8) is 0 Å². The molecular weight excluding hydrogens is 637 g/mol. The summed E-state index contributed by atoms with van der Waals surface area (Å²) in [4.78, 5) is 23.6. The maximum absolute atomic E-state index is 3.97. The number of rotatable bonds is 0. The minimum atomic E-state index is 0.916. The molecule has 0 bridgehead atoms. The number of hydrogen-bond acceptors (Lipinski definition) is 6. The van der Waals surface area contributed by atoms with Crippen LogP contribution in [-0.2, 0) is 0 Å². The van der Waals surface area contributed by atoms with E-state index in [9.17, 15) is 0 Å². The molecule has 7 aromatic rings. The molecule has 0 radical (unpaired) electrons. The van der Waals surface area contributed by atoms with Gasteiger partial charge in [-0.25, -0.2) is 0 Å². The van der Waals surface area contributed by atoms with E-state index >= 15 is 0 Å². The molecule has 0 atom stereocenters. The Bertz CT molecular complexity index is 2260. The van der Waals surface area contributed by atoms with E-state index in [1.807, 2.05) is 97.1 Å². The molecule has 0 aliphatic heterocycles. The van der Waals surface area contributed by atoms with Gasteiger partial charge in [0.05, 0.1) is 0 Å². The third-order valence-electron chi connectivity index (χ3n) is 6.50. The van der Waals surface area contributed by atoms with Crippen LogP contribution in [0.5, 0.6) is 0 Å². The van der Waals surface area contributed by atoms with Gasteiger partial charge >= 0.3 is 0 Å². The topological polar surface area (TPSA) is 77.3 Å². The highest BCUT2D eigenvalue weighted by molar-refractivity contribution is 5.48. The number of aromatic nitrogens is 6. The van der Waals surface area contributed by atoms with Gasteiger partial charge in [-0.1, -0.05) is 47.4 Å². The zero-order chi connectivity index (χ0) is 35.7. The summed E-state index contributed by atoms with van der Waals surface area (Å²) in [6.45, 7) is 0. The number of nitrogens with zero attached hydrogens (tertiary/aromatic N) is 6. The van der Waals surface area contributed by atoms with E-state index in [0.717, 1.165) is 44.5 Å². The highest BCUT2D eigenvalue weighted by atomic mass is 14.6. The second kappa shape index (κ2) is 21.0. The molecular formula is C46H28N6. The van der Waals surface area contributed by atoms with Gasteiger partial charge in [-0.2, -0.15) is 0 Å². The molecule has 52 heavy (non-hydrogen) atoms. The summed E-state index contributed by atoms with van der Waals surface area (Å²) in [5.74, 6) is 30.0.